The molecule has 0 atom stereocenters. The number of halogens is 3. The summed E-state index contributed by atoms with van der Waals surface area (Å²) in [5.74, 6) is 0. The molecule has 1 aliphatic rings. The van der Waals surface area contributed by atoms with Gasteiger partial charge < -0.3 is 9.13 Å². The Kier molecular flexibility index (Phi) is 8.85. The molecule has 0 N–H and O–H groups in total. The molecule has 0 radical (unpaired) electrons. The fraction of sp³-hybridized carbons (Fsp3) is 0.0566. The number of para-hydroxylation sites is 2. The molecule has 0 amide bonds. The van der Waals surface area contributed by atoms with E-state index in [1.54, 1.807) is 24.3 Å². The normalized spacial score (nSPS) is 12.8. The summed E-state index contributed by atoms with van der Waals surface area (Å²) in [7, 11) is 0. The van der Waals surface area contributed by atoms with Gasteiger partial charge in [0.05, 0.1) is 73.9 Å². The highest BCUT2D eigenvalue weighted by Crippen LogP contribution is 2.43. The number of alkyl halides is 3. The molecule has 2 aromatic heterocycles. The van der Waals surface area contributed by atoms with Gasteiger partial charge in [-0.25, -0.2) is 0 Å². The molecule has 292 valence electrons. The Morgan fingerprint density at radius 2 is 1.05 bits per heavy atom. The Morgan fingerprint density at radius 1 is 0.452 bits per heavy atom. The van der Waals surface area contributed by atoms with E-state index in [4.69, 9.17) is 0 Å². The molecule has 9 heteroatoms. The molecular formula is C53H29F3N6. The van der Waals surface area contributed by atoms with E-state index >= 15 is 0 Å². The van der Waals surface area contributed by atoms with Crippen LogP contribution in [0.2, 0.25) is 0 Å². The van der Waals surface area contributed by atoms with Gasteiger partial charge in [0.2, 0.25) is 0 Å². The standard InChI is InChI=1S/C53H29F3N6/c54-53(55,56)41-22-34(30-59)21-39(23-41)46-27-49(61-47-7-3-1-5-42(47)44-19-17-37(24-50(44)61)35-13-9-32(28-57)10-14-35)40(31-60)26-52(46)62-48-8-4-2-6-43(48)45-20-18-38(25-51(45)62)36-15-11-33(29-58)12-16-36/h1-11,13-15,17-27H,12,16H2. The van der Waals surface area contributed by atoms with Gasteiger partial charge in [-0.05, 0) is 113 Å². The van der Waals surface area contributed by atoms with Crippen molar-refractivity contribution in [2.24, 2.45) is 0 Å². The quantitative estimate of drug-likeness (QED) is 0.173. The number of benzene rings is 7. The Labute approximate surface area is 353 Å². The lowest BCUT2D eigenvalue weighted by molar-refractivity contribution is -0.137. The van der Waals surface area contributed by atoms with Crippen molar-refractivity contribution in [3.63, 3.8) is 0 Å². The van der Waals surface area contributed by atoms with E-state index < -0.39 is 11.7 Å². The van der Waals surface area contributed by atoms with Crippen molar-refractivity contribution >= 4 is 49.2 Å². The van der Waals surface area contributed by atoms with Crippen LogP contribution in [0.5, 0.6) is 0 Å². The van der Waals surface area contributed by atoms with Crippen molar-refractivity contribution in [2.45, 2.75) is 19.0 Å². The zero-order valence-electron chi connectivity index (χ0n) is 32.7. The van der Waals surface area contributed by atoms with E-state index in [-0.39, 0.29) is 16.7 Å². The van der Waals surface area contributed by atoms with Gasteiger partial charge in [0.25, 0.3) is 0 Å². The second-order valence-corrected chi connectivity index (χ2v) is 15.3. The fourth-order valence-corrected chi connectivity index (χ4v) is 8.83. The Hall–Kier alpha value is -8.63. The molecule has 2 heterocycles. The number of aromatic nitrogens is 2. The molecule has 9 aromatic rings. The average molecular weight is 807 g/mol. The van der Waals surface area contributed by atoms with Crippen LogP contribution in [0, 0.1) is 45.3 Å². The van der Waals surface area contributed by atoms with Crippen LogP contribution < -0.4 is 0 Å². The van der Waals surface area contributed by atoms with Gasteiger partial charge in [-0.15, -0.1) is 0 Å². The number of hydrogen-bond donors (Lipinski definition) is 0. The lowest BCUT2D eigenvalue weighted by Crippen LogP contribution is -2.07. The van der Waals surface area contributed by atoms with Crippen LogP contribution in [0.1, 0.15) is 40.7 Å². The Bertz CT molecular complexity index is 3610. The van der Waals surface area contributed by atoms with E-state index in [1.165, 1.54) is 6.07 Å². The highest BCUT2D eigenvalue weighted by molar-refractivity contribution is 6.12. The van der Waals surface area contributed by atoms with Crippen LogP contribution in [0.4, 0.5) is 13.2 Å². The van der Waals surface area contributed by atoms with Crippen LogP contribution in [0.3, 0.4) is 0 Å². The second-order valence-electron chi connectivity index (χ2n) is 15.3. The van der Waals surface area contributed by atoms with E-state index in [0.29, 0.717) is 40.9 Å². The smallest absolute Gasteiger partial charge is 0.309 e. The van der Waals surface area contributed by atoms with Gasteiger partial charge >= 0.3 is 6.18 Å². The molecular weight excluding hydrogens is 778 g/mol. The molecule has 0 saturated carbocycles. The maximum absolute atomic E-state index is 14.6. The highest BCUT2D eigenvalue weighted by atomic mass is 19.4. The summed E-state index contributed by atoms with van der Waals surface area (Å²) in [6.45, 7) is 0. The van der Waals surface area contributed by atoms with E-state index in [1.807, 2.05) is 118 Å². The summed E-state index contributed by atoms with van der Waals surface area (Å²) in [5.41, 5.74) is 8.63. The molecule has 7 aromatic carbocycles. The van der Waals surface area contributed by atoms with Crippen molar-refractivity contribution in [3.05, 3.63) is 185 Å². The molecule has 0 fully saturated rings. The molecule has 0 bridgehead atoms. The lowest BCUT2D eigenvalue weighted by Gasteiger charge is -2.20. The minimum absolute atomic E-state index is 0.155. The highest BCUT2D eigenvalue weighted by Gasteiger charge is 2.32. The molecule has 0 aliphatic heterocycles. The molecule has 0 saturated heterocycles. The Morgan fingerprint density at radius 3 is 1.65 bits per heavy atom. The van der Waals surface area contributed by atoms with Crippen LogP contribution in [0.15, 0.2) is 157 Å². The SMILES string of the molecule is N#CC1=CC=C(c2ccc3c4ccccc4n(-c4cc(C#N)c(-n5c6ccccc6c6ccc(-c7ccc(C#N)cc7)cc65)cc4-c4cc(C#N)cc(C(F)(F)F)c4)c3c2)CC1. The molecule has 10 rings (SSSR count). The minimum Gasteiger partial charge on any atom is -0.309 e. The molecule has 1 aliphatic carbocycles. The fourth-order valence-electron chi connectivity index (χ4n) is 8.83. The predicted molar refractivity (Wildman–Crippen MR) is 236 cm³/mol. The van der Waals surface area contributed by atoms with Crippen LogP contribution in [-0.4, -0.2) is 9.13 Å². The molecule has 62 heavy (non-hydrogen) atoms. The van der Waals surface area contributed by atoms with Gasteiger partial charge in [-0.2, -0.15) is 34.2 Å². The number of nitriles is 4. The van der Waals surface area contributed by atoms with Crippen LogP contribution in [-0.2, 0) is 6.18 Å². The summed E-state index contributed by atoms with van der Waals surface area (Å²) < 4.78 is 47.9. The zero-order chi connectivity index (χ0) is 42.7. The van der Waals surface area contributed by atoms with Gasteiger partial charge in [-0.3, -0.25) is 0 Å². The number of allylic oxidation sites excluding steroid dienone is 4. The third-order valence-electron chi connectivity index (χ3n) is 11.8. The summed E-state index contributed by atoms with van der Waals surface area (Å²) in [4.78, 5) is 0. The largest absolute Gasteiger partial charge is 0.416 e. The van der Waals surface area contributed by atoms with Gasteiger partial charge in [0.15, 0.2) is 0 Å². The van der Waals surface area contributed by atoms with Crippen LogP contribution in [0.25, 0.3) is 82.8 Å². The first-order chi connectivity index (χ1) is 30.2. The van der Waals surface area contributed by atoms with Crippen LogP contribution >= 0.6 is 0 Å². The van der Waals surface area contributed by atoms with Gasteiger partial charge in [-0.1, -0.05) is 78.9 Å². The van der Waals surface area contributed by atoms with E-state index in [2.05, 4.69) is 24.3 Å². The lowest BCUT2D eigenvalue weighted by atomic mass is 9.93. The second kappa shape index (κ2) is 14.6. The first-order valence-corrected chi connectivity index (χ1v) is 19.8. The van der Waals surface area contributed by atoms with E-state index in [9.17, 15) is 34.2 Å². The predicted octanol–water partition coefficient (Wildman–Crippen LogP) is 13.5. The number of rotatable bonds is 5. The molecule has 0 unspecified atom stereocenters. The van der Waals surface area contributed by atoms with Crippen molar-refractivity contribution < 1.29 is 13.2 Å². The topological polar surface area (TPSA) is 105 Å². The Balaban J connectivity index is 1.31. The van der Waals surface area contributed by atoms with Crippen molar-refractivity contribution in [3.8, 4) is 57.9 Å². The number of hydrogen-bond acceptors (Lipinski definition) is 4. The van der Waals surface area contributed by atoms with Gasteiger partial charge in [0.1, 0.15) is 6.07 Å². The van der Waals surface area contributed by atoms with E-state index in [0.717, 1.165) is 78.0 Å². The first kappa shape index (κ1) is 37.6. The first-order valence-electron chi connectivity index (χ1n) is 19.8. The van der Waals surface area contributed by atoms with Gasteiger partial charge in [0, 0.05) is 32.7 Å². The molecule has 0 spiro atoms. The average Bonchev–Trinajstić information content (AvgIpc) is 3.82. The maximum atomic E-state index is 14.6. The summed E-state index contributed by atoms with van der Waals surface area (Å²) >= 11 is 0. The zero-order valence-corrected chi connectivity index (χ0v) is 32.7. The monoisotopic (exact) mass is 806 g/mol. The maximum Gasteiger partial charge on any atom is 0.416 e. The summed E-state index contributed by atoms with van der Waals surface area (Å²) in [6.07, 6.45) is 0.304. The molecule has 6 nitrogen and oxygen atoms in total. The van der Waals surface area contributed by atoms with Crippen molar-refractivity contribution in [1.29, 1.82) is 21.0 Å². The van der Waals surface area contributed by atoms with Crippen molar-refractivity contribution in [1.82, 2.24) is 9.13 Å². The number of fused-ring (bicyclic) bond motifs is 6. The number of nitrogens with zero attached hydrogens (tertiary/aromatic N) is 6. The third-order valence-corrected chi connectivity index (χ3v) is 11.8. The summed E-state index contributed by atoms with van der Waals surface area (Å²) in [6, 6.07) is 50.7. The summed E-state index contributed by atoms with van der Waals surface area (Å²) in [5, 5.41) is 43.7. The van der Waals surface area contributed by atoms with Crippen molar-refractivity contribution in [2.75, 3.05) is 0 Å². The third kappa shape index (κ3) is 6.17. The minimum atomic E-state index is -4.75.